The van der Waals surface area contributed by atoms with Gasteiger partial charge in [0.1, 0.15) is 0 Å². The monoisotopic (exact) mass is 699 g/mol. The van der Waals surface area contributed by atoms with Gasteiger partial charge in [-0.2, -0.15) is 0 Å². The Hall–Kier alpha value is -7.23. The van der Waals surface area contributed by atoms with Crippen LogP contribution in [0.25, 0.3) is 78.7 Å². The van der Waals surface area contributed by atoms with Crippen LogP contribution in [0.2, 0.25) is 0 Å². The Kier molecular flexibility index (Phi) is 7.08. The Morgan fingerprint density at radius 2 is 0.564 bits per heavy atom. The fourth-order valence-electron chi connectivity index (χ4n) is 8.98. The van der Waals surface area contributed by atoms with Gasteiger partial charge in [0.2, 0.25) is 0 Å². The highest BCUT2D eigenvalue weighted by molar-refractivity contribution is 5.97. The van der Waals surface area contributed by atoms with Gasteiger partial charge in [-0.25, -0.2) is 15.0 Å². The van der Waals surface area contributed by atoms with Gasteiger partial charge in [0.25, 0.3) is 0 Å². The van der Waals surface area contributed by atoms with Crippen LogP contribution >= 0.6 is 0 Å². The maximum atomic E-state index is 5.24. The molecule has 0 N–H and O–H groups in total. The van der Waals surface area contributed by atoms with Crippen LogP contribution < -0.4 is 0 Å². The van der Waals surface area contributed by atoms with E-state index in [1.807, 2.05) is 24.3 Å². The van der Waals surface area contributed by atoms with E-state index in [9.17, 15) is 0 Å². The van der Waals surface area contributed by atoms with Crippen molar-refractivity contribution in [1.29, 1.82) is 0 Å². The van der Waals surface area contributed by atoms with Crippen molar-refractivity contribution in [3.63, 3.8) is 0 Å². The van der Waals surface area contributed by atoms with Crippen LogP contribution in [0, 0.1) is 0 Å². The predicted octanol–water partition coefficient (Wildman–Crippen LogP) is 12.6. The third kappa shape index (κ3) is 4.80. The van der Waals surface area contributed by atoms with E-state index in [-0.39, 0.29) is 0 Å². The minimum Gasteiger partial charge on any atom is -0.208 e. The summed E-state index contributed by atoms with van der Waals surface area (Å²) >= 11 is 0. The van der Waals surface area contributed by atoms with Crippen LogP contribution in [-0.2, 0) is 5.41 Å². The molecule has 0 radical (unpaired) electrons. The van der Waals surface area contributed by atoms with Gasteiger partial charge in [0, 0.05) is 16.7 Å². The van der Waals surface area contributed by atoms with E-state index in [0.717, 1.165) is 22.3 Å². The van der Waals surface area contributed by atoms with E-state index in [2.05, 4.69) is 176 Å². The molecule has 0 saturated heterocycles. The predicted molar refractivity (Wildman–Crippen MR) is 223 cm³/mol. The summed E-state index contributed by atoms with van der Waals surface area (Å²) < 4.78 is 0. The maximum Gasteiger partial charge on any atom is 0.164 e. The van der Waals surface area contributed by atoms with Crippen molar-refractivity contribution in [3.8, 4) is 78.7 Å². The summed E-state index contributed by atoms with van der Waals surface area (Å²) in [6, 6.07) is 71.7. The van der Waals surface area contributed by atoms with Crippen molar-refractivity contribution < 1.29 is 0 Å². The zero-order valence-corrected chi connectivity index (χ0v) is 29.9. The molecule has 55 heavy (non-hydrogen) atoms. The van der Waals surface area contributed by atoms with Crippen LogP contribution in [0.4, 0.5) is 0 Å². The molecule has 1 aromatic heterocycles. The highest BCUT2D eigenvalue weighted by atomic mass is 15.0. The number of aromatic nitrogens is 3. The number of fused-ring (bicyclic) bond motifs is 12. The molecule has 1 spiro atoms. The Morgan fingerprint density at radius 1 is 0.236 bits per heavy atom. The quantitative estimate of drug-likeness (QED) is 0.184. The van der Waals surface area contributed by atoms with Crippen LogP contribution in [0.1, 0.15) is 22.3 Å². The van der Waals surface area contributed by atoms with Crippen LogP contribution in [0.5, 0.6) is 0 Å². The standard InChI is InChI=1S/C52H33N3/c1-3-15-34(16-4-1)35-27-29-37(30-28-35)50-53-49(36-17-5-2-6-18-36)54-51(55-50)38-31-32-44-40-20-8-7-19-39(40)41-21-9-12-24-45(41)52(48(44)33-38)46-25-13-10-22-42(46)43-23-11-14-26-47(43)52/h1-33H. The molecule has 0 fully saturated rings. The van der Waals surface area contributed by atoms with Crippen molar-refractivity contribution in [3.05, 3.63) is 222 Å². The Labute approximate surface area is 320 Å². The van der Waals surface area contributed by atoms with E-state index in [0.29, 0.717) is 17.5 Å². The summed E-state index contributed by atoms with van der Waals surface area (Å²) in [5.41, 5.74) is 17.1. The molecule has 0 bridgehead atoms. The summed E-state index contributed by atoms with van der Waals surface area (Å²) in [6.07, 6.45) is 0. The van der Waals surface area contributed by atoms with Gasteiger partial charge in [-0.3, -0.25) is 0 Å². The minimum atomic E-state index is -0.584. The van der Waals surface area contributed by atoms with E-state index >= 15 is 0 Å². The van der Waals surface area contributed by atoms with E-state index in [1.165, 1.54) is 61.2 Å². The molecule has 2 aliphatic rings. The SMILES string of the molecule is c1ccc(-c2ccc(-c3nc(-c4ccccc4)nc(-c4ccc5c(c4)C4(c6ccccc6-c6ccccc6-5)c5ccccc5-c5ccccc54)n3)cc2)cc1. The largest absolute Gasteiger partial charge is 0.208 e. The van der Waals surface area contributed by atoms with Crippen LogP contribution in [-0.4, -0.2) is 15.0 Å². The number of hydrogen-bond acceptors (Lipinski definition) is 3. The second-order valence-corrected chi connectivity index (χ2v) is 14.3. The highest BCUT2D eigenvalue weighted by Crippen LogP contribution is 2.61. The molecule has 1 heterocycles. The third-order valence-corrected chi connectivity index (χ3v) is 11.4. The zero-order valence-electron chi connectivity index (χ0n) is 29.9. The molecule has 256 valence electrons. The van der Waals surface area contributed by atoms with Crippen molar-refractivity contribution in [2.24, 2.45) is 0 Å². The number of hydrogen-bond donors (Lipinski definition) is 0. The smallest absolute Gasteiger partial charge is 0.164 e. The molecule has 3 nitrogen and oxygen atoms in total. The topological polar surface area (TPSA) is 38.7 Å². The van der Waals surface area contributed by atoms with Gasteiger partial charge < -0.3 is 0 Å². The molecule has 0 aliphatic heterocycles. The average molecular weight is 700 g/mol. The summed E-state index contributed by atoms with van der Waals surface area (Å²) in [7, 11) is 0. The molecule has 3 heteroatoms. The third-order valence-electron chi connectivity index (χ3n) is 11.4. The maximum absolute atomic E-state index is 5.24. The first-order chi connectivity index (χ1) is 27.3. The first-order valence-electron chi connectivity index (χ1n) is 18.8. The van der Waals surface area contributed by atoms with Gasteiger partial charge in [-0.15, -0.1) is 0 Å². The molecular weight excluding hydrogens is 667 g/mol. The van der Waals surface area contributed by atoms with Crippen molar-refractivity contribution >= 4 is 0 Å². The van der Waals surface area contributed by atoms with Crippen molar-refractivity contribution in [1.82, 2.24) is 15.0 Å². The fraction of sp³-hybridized carbons (Fsp3) is 0.0192. The Morgan fingerprint density at radius 3 is 1.09 bits per heavy atom. The highest BCUT2D eigenvalue weighted by Gasteiger charge is 2.49. The lowest BCUT2D eigenvalue weighted by molar-refractivity contribution is 0.775. The minimum absolute atomic E-state index is 0.584. The molecule has 9 aromatic rings. The summed E-state index contributed by atoms with van der Waals surface area (Å²) in [5, 5.41) is 0. The average Bonchev–Trinajstić information content (AvgIpc) is 3.52. The van der Waals surface area contributed by atoms with Gasteiger partial charge in [0.05, 0.1) is 5.41 Å². The van der Waals surface area contributed by atoms with Crippen molar-refractivity contribution in [2.45, 2.75) is 5.41 Å². The summed E-state index contributed by atoms with van der Waals surface area (Å²) in [4.78, 5) is 15.5. The van der Waals surface area contributed by atoms with E-state index in [4.69, 9.17) is 15.0 Å². The molecule has 2 aliphatic carbocycles. The molecule has 0 unspecified atom stereocenters. The lowest BCUT2D eigenvalue weighted by atomic mass is 9.65. The van der Waals surface area contributed by atoms with Crippen molar-refractivity contribution in [2.75, 3.05) is 0 Å². The van der Waals surface area contributed by atoms with Gasteiger partial charge in [-0.1, -0.05) is 194 Å². The Balaban J connectivity index is 1.18. The first-order valence-corrected chi connectivity index (χ1v) is 18.8. The van der Waals surface area contributed by atoms with E-state index in [1.54, 1.807) is 0 Å². The molecular formula is C52H33N3. The van der Waals surface area contributed by atoms with Crippen LogP contribution in [0.3, 0.4) is 0 Å². The summed E-state index contributed by atoms with van der Waals surface area (Å²) in [6.45, 7) is 0. The van der Waals surface area contributed by atoms with Gasteiger partial charge >= 0.3 is 0 Å². The fourth-order valence-corrected chi connectivity index (χ4v) is 8.98. The lowest BCUT2D eigenvalue weighted by Crippen LogP contribution is -2.29. The first kappa shape index (κ1) is 31.3. The number of nitrogens with zero attached hydrogens (tertiary/aromatic N) is 3. The molecule has 0 saturated carbocycles. The van der Waals surface area contributed by atoms with Gasteiger partial charge in [-0.05, 0) is 72.8 Å². The second kappa shape index (κ2) is 12.4. The lowest BCUT2D eigenvalue weighted by Gasteiger charge is -2.35. The summed E-state index contributed by atoms with van der Waals surface area (Å²) in [5.74, 6) is 1.92. The molecule has 11 rings (SSSR count). The Bertz CT molecular complexity index is 2870. The molecule has 8 aromatic carbocycles. The second-order valence-electron chi connectivity index (χ2n) is 14.3. The normalized spacial score (nSPS) is 12.9. The zero-order chi connectivity index (χ0) is 36.3. The molecule has 0 atom stereocenters. The van der Waals surface area contributed by atoms with Crippen LogP contribution in [0.15, 0.2) is 200 Å². The van der Waals surface area contributed by atoms with Gasteiger partial charge in [0.15, 0.2) is 17.5 Å². The number of benzene rings is 8. The number of rotatable bonds is 4. The van der Waals surface area contributed by atoms with E-state index < -0.39 is 5.41 Å². The molecule has 0 amide bonds.